The predicted molar refractivity (Wildman–Crippen MR) is 418 cm³/mol. The third-order valence-corrected chi connectivity index (χ3v) is 19.9. The maximum atomic E-state index is 13.1. The molecule has 0 aromatic heterocycles. The minimum absolute atomic E-state index is 0.0937. The normalized spacial score (nSPS) is 14.1. The fourth-order valence-corrected chi connectivity index (χ4v) is 13.3. The highest BCUT2D eigenvalue weighted by Crippen LogP contribution is 2.45. The molecule has 0 radical (unpaired) electrons. The number of aliphatic hydroxyl groups excluding tert-OH is 1. The van der Waals surface area contributed by atoms with Crippen LogP contribution in [0, 0.1) is 0 Å². The molecule has 3 N–H and O–H groups in total. The molecular weight excluding hydrogens is 1330 g/mol. The Hall–Kier alpha value is -3.24. The Labute approximate surface area is 622 Å². The third-order valence-electron chi connectivity index (χ3n) is 18.0. The lowest BCUT2D eigenvalue weighted by Gasteiger charge is -2.21. The van der Waals surface area contributed by atoms with Crippen LogP contribution in [-0.2, 0) is 65.4 Å². The average Bonchev–Trinajstić information content (AvgIpc) is 0.908. The first-order chi connectivity index (χ1) is 49.7. The predicted octanol–water partition coefficient (Wildman–Crippen LogP) is 24.2. The number of ether oxygens (including phenoxy) is 4. The molecule has 2 unspecified atom stereocenters. The number of esters is 4. The first kappa shape index (κ1) is 98.8. The molecule has 0 heterocycles. The van der Waals surface area contributed by atoms with Crippen molar-refractivity contribution in [2.75, 3.05) is 39.6 Å². The summed E-state index contributed by atoms with van der Waals surface area (Å²) in [6, 6.07) is 0. The molecule has 17 nitrogen and oxygen atoms in total. The number of hydrogen-bond donors (Lipinski definition) is 3. The number of carbonyl (C=O) groups is 4. The molecule has 0 aliphatic rings. The minimum Gasteiger partial charge on any atom is -0.462 e. The number of aliphatic hydroxyl groups is 1. The van der Waals surface area contributed by atoms with Crippen molar-refractivity contribution in [3.63, 3.8) is 0 Å². The van der Waals surface area contributed by atoms with Crippen LogP contribution < -0.4 is 0 Å². The second kappa shape index (κ2) is 76.0. The molecule has 0 bridgehead atoms. The van der Waals surface area contributed by atoms with E-state index >= 15 is 0 Å². The zero-order valence-corrected chi connectivity index (χ0v) is 67.1. The van der Waals surface area contributed by atoms with E-state index < -0.39 is 97.5 Å². The number of phosphoric acid groups is 2. The number of hydrogen-bond acceptors (Lipinski definition) is 15. The van der Waals surface area contributed by atoms with Crippen LogP contribution in [0.15, 0.2) is 60.8 Å². The Kier molecular flexibility index (Phi) is 73.6. The van der Waals surface area contributed by atoms with Crippen molar-refractivity contribution in [3.8, 4) is 0 Å². The molecule has 102 heavy (non-hydrogen) atoms. The van der Waals surface area contributed by atoms with Crippen LogP contribution >= 0.6 is 15.6 Å². The number of rotatable bonds is 79. The quantitative estimate of drug-likeness (QED) is 0.0169. The van der Waals surface area contributed by atoms with Crippen LogP contribution in [0.5, 0.6) is 0 Å². The number of phosphoric ester groups is 2. The summed E-state index contributed by atoms with van der Waals surface area (Å²) in [5.74, 6) is -2.17. The molecule has 0 fully saturated rings. The highest BCUT2D eigenvalue weighted by Gasteiger charge is 2.30. The molecule has 0 saturated heterocycles. The van der Waals surface area contributed by atoms with E-state index in [4.69, 9.17) is 37.0 Å². The van der Waals surface area contributed by atoms with E-state index in [0.29, 0.717) is 25.7 Å². The second-order valence-electron chi connectivity index (χ2n) is 28.1. The molecule has 19 heteroatoms. The highest BCUT2D eigenvalue weighted by molar-refractivity contribution is 7.47. The lowest BCUT2D eigenvalue weighted by Crippen LogP contribution is -2.30. The van der Waals surface area contributed by atoms with Gasteiger partial charge in [0.05, 0.1) is 26.4 Å². The van der Waals surface area contributed by atoms with Crippen molar-refractivity contribution in [1.82, 2.24) is 0 Å². The standard InChI is InChI=1S/C83H152O17P2/c1-5-9-13-17-21-25-29-33-36-37-38-39-42-45-48-52-56-60-64-68-81(86)94-73-78(99-82(87)69-65-61-57-53-49-43-32-28-24-20-16-12-8-4)75-97-101(89,90)95-71-77(84)72-96-102(91,92)98-76-79(100-83(88)70-66-62-58-54-50-46-41-35-31-27-23-19-15-11-7-3)74-93-80(85)67-63-59-55-51-47-44-40-34-30-26-22-18-14-10-6-2/h9,13,21,25,33,36,38-39,45,48,77-79,84H,5-8,10-12,14-20,22-24,26-32,34-35,37,40-44,46-47,49-76H2,1-4H3,(H,89,90)(H,91,92)/b13-9-,25-21-,36-33-,39-38-,48-45-/t77-,78-,79-/m1/s1. The second-order valence-corrected chi connectivity index (χ2v) is 31.0. The van der Waals surface area contributed by atoms with Gasteiger partial charge in [-0.1, -0.05) is 352 Å². The summed E-state index contributed by atoms with van der Waals surface area (Å²) in [7, 11) is -9.94. The van der Waals surface area contributed by atoms with Gasteiger partial charge in [-0.3, -0.25) is 37.3 Å². The van der Waals surface area contributed by atoms with E-state index in [1.54, 1.807) is 0 Å². The summed E-state index contributed by atoms with van der Waals surface area (Å²) in [6.07, 6.45) is 76.1. The van der Waals surface area contributed by atoms with E-state index in [-0.39, 0.29) is 25.7 Å². The van der Waals surface area contributed by atoms with Gasteiger partial charge in [-0.25, -0.2) is 9.13 Å². The molecule has 0 aliphatic carbocycles. The molecule has 0 aromatic rings. The van der Waals surface area contributed by atoms with E-state index in [2.05, 4.69) is 88.5 Å². The summed E-state index contributed by atoms with van der Waals surface area (Å²) >= 11 is 0. The number of allylic oxidation sites excluding steroid dienone is 10. The Morgan fingerprint density at radius 2 is 0.510 bits per heavy atom. The van der Waals surface area contributed by atoms with Crippen molar-refractivity contribution in [2.45, 2.75) is 406 Å². The van der Waals surface area contributed by atoms with Crippen LogP contribution in [0.3, 0.4) is 0 Å². The van der Waals surface area contributed by atoms with Crippen molar-refractivity contribution in [1.29, 1.82) is 0 Å². The number of carbonyl (C=O) groups excluding carboxylic acids is 4. The van der Waals surface area contributed by atoms with Crippen LogP contribution in [0.1, 0.15) is 387 Å². The van der Waals surface area contributed by atoms with Gasteiger partial charge in [0.2, 0.25) is 0 Å². The molecular formula is C83H152O17P2. The molecule has 596 valence electrons. The van der Waals surface area contributed by atoms with Gasteiger partial charge < -0.3 is 33.8 Å². The zero-order chi connectivity index (χ0) is 74.6. The lowest BCUT2D eigenvalue weighted by atomic mass is 10.0. The lowest BCUT2D eigenvalue weighted by molar-refractivity contribution is -0.161. The first-order valence-corrected chi connectivity index (χ1v) is 44.5. The van der Waals surface area contributed by atoms with Crippen LogP contribution in [0.25, 0.3) is 0 Å². The Morgan fingerprint density at radius 3 is 0.784 bits per heavy atom. The van der Waals surface area contributed by atoms with Crippen LogP contribution in [0.4, 0.5) is 0 Å². The van der Waals surface area contributed by atoms with Crippen molar-refractivity contribution in [3.05, 3.63) is 60.8 Å². The molecule has 0 amide bonds. The van der Waals surface area contributed by atoms with E-state index in [9.17, 15) is 43.2 Å². The Morgan fingerprint density at radius 1 is 0.284 bits per heavy atom. The third kappa shape index (κ3) is 75.0. The fraction of sp³-hybridized carbons (Fsp3) is 0.831. The van der Waals surface area contributed by atoms with Gasteiger partial charge in [-0.05, 0) is 70.6 Å². The summed E-state index contributed by atoms with van der Waals surface area (Å²) in [6.45, 7) is 4.83. The molecule has 5 atom stereocenters. The maximum absolute atomic E-state index is 13.1. The van der Waals surface area contributed by atoms with Crippen molar-refractivity contribution < 1.29 is 80.2 Å². The SMILES string of the molecule is CC/C=C\C/C=C\C/C=C\C/C=C\C/C=C\CCCCCC(=O)OC[C@H](COP(=O)(O)OC[C@@H](O)COP(=O)(O)OC[C@@H](COC(=O)CCCCCCCCCCCCCCCCC)OC(=O)CCCCCCCCCCCCCCCCC)OC(=O)CCCCCCCCCCCCCCC. The van der Waals surface area contributed by atoms with Crippen molar-refractivity contribution >= 4 is 39.5 Å². The Balaban J connectivity index is 5.32. The molecule has 0 saturated carbocycles. The fourth-order valence-electron chi connectivity index (χ4n) is 11.7. The monoisotopic (exact) mass is 1480 g/mol. The molecule has 0 rings (SSSR count). The van der Waals surface area contributed by atoms with Gasteiger partial charge >= 0.3 is 39.5 Å². The topological polar surface area (TPSA) is 237 Å². The Bertz CT molecular complexity index is 2170. The first-order valence-electron chi connectivity index (χ1n) is 41.5. The largest absolute Gasteiger partial charge is 0.472 e. The summed E-state index contributed by atoms with van der Waals surface area (Å²) in [4.78, 5) is 73.1. The smallest absolute Gasteiger partial charge is 0.462 e. The maximum Gasteiger partial charge on any atom is 0.472 e. The average molecular weight is 1480 g/mol. The summed E-state index contributed by atoms with van der Waals surface area (Å²) in [5.41, 5.74) is 0. The van der Waals surface area contributed by atoms with Crippen LogP contribution in [-0.4, -0.2) is 96.7 Å². The summed E-state index contributed by atoms with van der Waals surface area (Å²) in [5, 5.41) is 10.6. The number of unbranched alkanes of at least 4 members (excludes halogenated alkanes) is 43. The van der Waals surface area contributed by atoms with Crippen LogP contribution in [0.2, 0.25) is 0 Å². The highest BCUT2D eigenvalue weighted by atomic mass is 31.2. The molecule has 0 aliphatic heterocycles. The van der Waals surface area contributed by atoms with Gasteiger partial charge in [0, 0.05) is 25.7 Å². The van der Waals surface area contributed by atoms with Gasteiger partial charge in [-0.15, -0.1) is 0 Å². The minimum atomic E-state index is -4.98. The zero-order valence-electron chi connectivity index (χ0n) is 65.3. The van der Waals surface area contributed by atoms with Gasteiger partial charge in [0.1, 0.15) is 19.3 Å². The van der Waals surface area contributed by atoms with Gasteiger partial charge in [-0.2, -0.15) is 0 Å². The van der Waals surface area contributed by atoms with Crippen molar-refractivity contribution in [2.24, 2.45) is 0 Å². The van der Waals surface area contributed by atoms with E-state index in [1.165, 1.54) is 186 Å². The van der Waals surface area contributed by atoms with Gasteiger partial charge in [0.25, 0.3) is 0 Å². The molecule has 0 spiro atoms. The summed E-state index contributed by atoms with van der Waals surface area (Å²) < 4.78 is 68.7. The van der Waals surface area contributed by atoms with Gasteiger partial charge in [0.15, 0.2) is 12.2 Å². The molecule has 0 aromatic carbocycles. The van der Waals surface area contributed by atoms with E-state index in [1.807, 2.05) is 0 Å². The van der Waals surface area contributed by atoms with E-state index in [0.717, 1.165) is 122 Å².